The fourth-order valence-electron chi connectivity index (χ4n) is 3.67. The summed E-state index contributed by atoms with van der Waals surface area (Å²) in [6.07, 6.45) is 1.51. The molecule has 1 saturated heterocycles. The summed E-state index contributed by atoms with van der Waals surface area (Å²) in [4.78, 5) is 48.0. The van der Waals surface area contributed by atoms with E-state index in [0.717, 1.165) is 11.0 Å². The van der Waals surface area contributed by atoms with Gasteiger partial charge in [-0.3, -0.25) is 9.59 Å². The predicted octanol–water partition coefficient (Wildman–Crippen LogP) is 3.09. The summed E-state index contributed by atoms with van der Waals surface area (Å²) in [6.45, 7) is 3.95. The second-order valence-electron chi connectivity index (χ2n) is 7.38. The maximum absolute atomic E-state index is 13.0. The molecule has 2 amide bonds. The van der Waals surface area contributed by atoms with E-state index in [1.165, 1.54) is 0 Å². The van der Waals surface area contributed by atoms with Crippen LogP contribution in [0.1, 0.15) is 34.1 Å². The van der Waals surface area contributed by atoms with Crippen LogP contribution in [0.25, 0.3) is 11.0 Å². The molecule has 0 atom stereocenters. The van der Waals surface area contributed by atoms with E-state index in [-0.39, 0.29) is 18.4 Å². The molecule has 1 N–H and O–H groups in total. The van der Waals surface area contributed by atoms with E-state index < -0.39 is 6.16 Å². The maximum atomic E-state index is 13.0. The molecule has 0 saturated carbocycles. The van der Waals surface area contributed by atoms with E-state index in [4.69, 9.17) is 9.47 Å². The molecule has 4 rings (SSSR count). The molecule has 0 spiro atoms. The number of nitrogens with zero attached hydrogens (tertiary/aromatic N) is 3. The molecule has 9 nitrogen and oxygen atoms in total. The lowest BCUT2D eigenvalue weighted by atomic mass is 10.1. The van der Waals surface area contributed by atoms with Gasteiger partial charge in [0.2, 0.25) is 0 Å². The van der Waals surface area contributed by atoms with Gasteiger partial charge in [0.05, 0.1) is 24.0 Å². The number of amides is 2. The molecular formula is C23H24N4O5. The van der Waals surface area contributed by atoms with E-state index in [1.54, 1.807) is 59.4 Å². The SMILES string of the molecule is CCOC(=O)Oc1ccc(C(=O)N2CCCN(C(=O)c3ccc4nc[nH]c4c3)CC2)cc1. The third kappa shape index (κ3) is 4.72. The van der Waals surface area contributed by atoms with Gasteiger partial charge in [0.15, 0.2) is 0 Å². The lowest BCUT2D eigenvalue weighted by Crippen LogP contribution is -2.37. The van der Waals surface area contributed by atoms with E-state index >= 15 is 0 Å². The minimum Gasteiger partial charge on any atom is -0.434 e. The first-order chi connectivity index (χ1) is 15.5. The smallest absolute Gasteiger partial charge is 0.434 e. The van der Waals surface area contributed by atoms with Crippen molar-refractivity contribution in [3.8, 4) is 5.75 Å². The van der Waals surface area contributed by atoms with Crippen molar-refractivity contribution in [1.29, 1.82) is 0 Å². The molecule has 9 heteroatoms. The Kier molecular flexibility index (Phi) is 6.34. The Morgan fingerprint density at radius 2 is 1.59 bits per heavy atom. The molecule has 0 aliphatic carbocycles. The summed E-state index contributed by atoms with van der Waals surface area (Å²) in [7, 11) is 0. The third-order valence-corrected chi connectivity index (χ3v) is 5.30. The Bertz CT molecular complexity index is 1120. The normalized spacial score (nSPS) is 14.2. The van der Waals surface area contributed by atoms with Crippen LogP contribution in [0.5, 0.6) is 5.75 Å². The third-order valence-electron chi connectivity index (χ3n) is 5.30. The van der Waals surface area contributed by atoms with Gasteiger partial charge in [0.1, 0.15) is 5.75 Å². The lowest BCUT2D eigenvalue weighted by molar-refractivity contribution is 0.0718. The van der Waals surface area contributed by atoms with Gasteiger partial charge in [-0.15, -0.1) is 0 Å². The predicted molar refractivity (Wildman–Crippen MR) is 117 cm³/mol. The number of ether oxygens (including phenoxy) is 2. The van der Waals surface area contributed by atoms with Crippen molar-refractivity contribution in [2.24, 2.45) is 0 Å². The highest BCUT2D eigenvalue weighted by Gasteiger charge is 2.24. The Morgan fingerprint density at radius 1 is 0.938 bits per heavy atom. The van der Waals surface area contributed by atoms with Crippen LogP contribution in [0, 0.1) is 0 Å². The fraction of sp³-hybridized carbons (Fsp3) is 0.304. The molecule has 0 unspecified atom stereocenters. The Balaban J connectivity index is 1.37. The van der Waals surface area contributed by atoms with Gasteiger partial charge in [-0.2, -0.15) is 0 Å². The molecule has 0 bridgehead atoms. The van der Waals surface area contributed by atoms with Crippen molar-refractivity contribution in [3.63, 3.8) is 0 Å². The number of aromatic amines is 1. The molecular weight excluding hydrogens is 412 g/mol. The second kappa shape index (κ2) is 9.51. The zero-order valence-electron chi connectivity index (χ0n) is 17.7. The van der Waals surface area contributed by atoms with Crippen molar-refractivity contribution in [3.05, 3.63) is 59.9 Å². The summed E-state index contributed by atoms with van der Waals surface area (Å²) in [6, 6.07) is 11.8. The van der Waals surface area contributed by atoms with Crippen LogP contribution < -0.4 is 4.74 Å². The standard InChI is InChI=1S/C23H24N4O5/c1-2-31-23(30)32-18-7-4-16(5-8-18)21(28)26-10-3-11-27(13-12-26)22(29)17-6-9-19-20(14-17)25-15-24-19/h4-9,14-15H,2-3,10-13H2,1H3,(H,24,25). The zero-order valence-corrected chi connectivity index (χ0v) is 17.7. The van der Waals surface area contributed by atoms with Crippen molar-refractivity contribution in [2.75, 3.05) is 32.8 Å². The molecule has 3 aromatic rings. The summed E-state index contributed by atoms with van der Waals surface area (Å²) in [5.74, 6) is 0.124. The molecule has 166 valence electrons. The van der Waals surface area contributed by atoms with Gasteiger partial charge >= 0.3 is 6.16 Å². The first-order valence-corrected chi connectivity index (χ1v) is 10.5. The van der Waals surface area contributed by atoms with E-state index in [1.807, 2.05) is 6.07 Å². The largest absolute Gasteiger partial charge is 0.513 e. The van der Waals surface area contributed by atoms with Crippen LogP contribution in [-0.2, 0) is 4.74 Å². The second-order valence-corrected chi connectivity index (χ2v) is 7.38. The fourth-order valence-corrected chi connectivity index (χ4v) is 3.67. The van der Waals surface area contributed by atoms with Crippen LogP contribution in [-0.4, -0.2) is 70.5 Å². The van der Waals surface area contributed by atoms with Gasteiger partial charge in [0, 0.05) is 37.3 Å². The number of H-pyrrole nitrogens is 1. The number of nitrogens with one attached hydrogen (secondary N) is 1. The van der Waals surface area contributed by atoms with Crippen LogP contribution in [0.15, 0.2) is 48.8 Å². The minimum absolute atomic E-state index is 0.0590. The van der Waals surface area contributed by atoms with Crippen molar-refractivity contribution in [1.82, 2.24) is 19.8 Å². The van der Waals surface area contributed by atoms with Crippen LogP contribution in [0.3, 0.4) is 0 Å². The van der Waals surface area contributed by atoms with Gasteiger partial charge in [-0.05, 0) is 55.8 Å². The number of aromatic nitrogens is 2. The van der Waals surface area contributed by atoms with E-state index in [2.05, 4.69) is 9.97 Å². The maximum Gasteiger partial charge on any atom is 0.513 e. The number of rotatable bonds is 4. The molecule has 2 aromatic carbocycles. The first-order valence-electron chi connectivity index (χ1n) is 10.5. The number of carbonyl (C=O) groups excluding carboxylic acids is 3. The number of hydrogen-bond donors (Lipinski definition) is 1. The Hall–Kier alpha value is -3.88. The quantitative estimate of drug-likeness (QED) is 0.498. The topological polar surface area (TPSA) is 105 Å². The number of hydrogen-bond acceptors (Lipinski definition) is 6. The van der Waals surface area contributed by atoms with Crippen molar-refractivity contribution < 1.29 is 23.9 Å². The first kappa shape index (κ1) is 21.4. The van der Waals surface area contributed by atoms with Crippen molar-refractivity contribution >= 4 is 29.0 Å². The highest BCUT2D eigenvalue weighted by Crippen LogP contribution is 2.18. The molecule has 1 aliphatic heterocycles. The van der Waals surface area contributed by atoms with Crippen molar-refractivity contribution in [2.45, 2.75) is 13.3 Å². The van der Waals surface area contributed by atoms with Gasteiger partial charge < -0.3 is 24.3 Å². The number of carbonyl (C=O) groups is 3. The lowest BCUT2D eigenvalue weighted by Gasteiger charge is -2.22. The number of imidazole rings is 1. The summed E-state index contributed by atoms with van der Waals surface area (Å²) in [5, 5.41) is 0. The van der Waals surface area contributed by atoms with Crippen LogP contribution in [0.4, 0.5) is 4.79 Å². The average Bonchev–Trinajstić information content (AvgIpc) is 3.13. The molecule has 1 fully saturated rings. The molecule has 0 radical (unpaired) electrons. The van der Waals surface area contributed by atoms with Gasteiger partial charge in [-0.25, -0.2) is 9.78 Å². The van der Waals surface area contributed by atoms with E-state index in [0.29, 0.717) is 49.5 Å². The molecule has 1 aliphatic rings. The van der Waals surface area contributed by atoms with Crippen LogP contribution in [0.2, 0.25) is 0 Å². The number of fused-ring (bicyclic) bond motifs is 1. The molecule has 2 heterocycles. The summed E-state index contributed by atoms with van der Waals surface area (Å²) < 4.78 is 9.76. The molecule has 1 aromatic heterocycles. The van der Waals surface area contributed by atoms with Gasteiger partial charge in [-0.1, -0.05) is 0 Å². The number of benzene rings is 2. The monoisotopic (exact) mass is 436 g/mol. The highest BCUT2D eigenvalue weighted by molar-refractivity contribution is 5.97. The van der Waals surface area contributed by atoms with E-state index in [9.17, 15) is 14.4 Å². The Labute approximate surface area is 184 Å². The van der Waals surface area contributed by atoms with Crippen LogP contribution >= 0.6 is 0 Å². The summed E-state index contributed by atoms with van der Waals surface area (Å²) >= 11 is 0. The Morgan fingerprint density at radius 3 is 2.28 bits per heavy atom. The molecule has 32 heavy (non-hydrogen) atoms. The average molecular weight is 436 g/mol. The summed E-state index contributed by atoms with van der Waals surface area (Å²) in [5.41, 5.74) is 2.72. The minimum atomic E-state index is -0.782. The zero-order chi connectivity index (χ0) is 22.5. The highest BCUT2D eigenvalue weighted by atomic mass is 16.7. The van der Waals surface area contributed by atoms with Gasteiger partial charge in [0.25, 0.3) is 11.8 Å².